The lowest BCUT2D eigenvalue weighted by Gasteiger charge is -2.25. The molecule has 0 aliphatic carbocycles. The zero-order valence-corrected chi connectivity index (χ0v) is 10.6. The van der Waals surface area contributed by atoms with Gasteiger partial charge < -0.3 is 15.0 Å². The average Bonchev–Trinajstić information content (AvgIpc) is 2.89. The van der Waals surface area contributed by atoms with Crippen LogP contribution >= 0.6 is 0 Å². The van der Waals surface area contributed by atoms with Crippen molar-refractivity contribution in [1.82, 2.24) is 4.98 Å². The first-order valence-corrected chi connectivity index (χ1v) is 6.31. The monoisotopic (exact) mass is 235 g/mol. The zero-order valence-electron chi connectivity index (χ0n) is 10.6. The fourth-order valence-electron chi connectivity index (χ4n) is 2.03. The molecule has 1 atom stereocenters. The minimum Gasteiger partial charge on any atom is -0.379 e. The number of nitrogens with zero attached hydrogens (tertiary/aromatic N) is 2. The van der Waals surface area contributed by atoms with Crippen molar-refractivity contribution in [2.45, 2.75) is 25.8 Å². The summed E-state index contributed by atoms with van der Waals surface area (Å²) in [6.07, 6.45) is 4.08. The van der Waals surface area contributed by atoms with Gasteiger partial charge in [-0.25, -0.2) is 4.98 Å². The van der Waals surface area contributed by atoms with Gasteiger partial charge in [0, 0.05) is 38.1 Å². The van der Waals surface area contributed by atoms with Crippen LogP contribution in [0.25, 0.3) is 0 Å². The summed E-state index contributed by atoms with van der Waals surface area (Å²) in [5.41, 5.74) is 1.20. The molecule has 0 aromatic carbocycles. The molecule has 1 aliphatic rings. The van der Waals surface area contributed by atoms with Crippen molar-refractivity contribution in [3.63, 3.8) is 0 Å². The molecule has 0 saturated carbocycles. The van der Waals surface area contributed by atoms with E-state index in [4.69, 9.17) is 4.74 Å². The maximum atomic E-state index is 5.42. The molecule has 2 heterocycles. The summed E-state index contributed by atoms with van der Waals surface area (Å²) in [5, 5.41) is 3.31. The Hall–Kier alpha value is -1.29. The van der Waals surface area contributed by atoms with Gasteiger partial charge in [-0.2, -0.15) is 0 Å². The normalized spacial score (nSPS) is 19.3. The number of likely N-dealkylation sites (N-methyl/N-ethyl adjacent to an activating group) is 1. The third-order valence-corrected chi connectivity index (χ3v) is 3.16. The van der Waals surface area contributed by atoms with Crippen LogP contribution in [0.2, 0.25) is 0 Å². The Morgan fingerprint density at radius 2 is 2.47 bits per heavy atom. The molecule has 0 spiro atoms. The van der Waals surface area contributed by atoms with Crippen molar-refractivity contribution in [3.05, 3.63) is 18.3 Å². The zero-order chi connectivity index (χ0) is 12.1. The van der Waals surface area contributed by atoms with Crippen LogP contribution < -0.4 is 10.2 Å². The van der Waals surface area contributed by atoms with Crippen molar-refractivity contribution < 1.29 is 4.74 Å². The number of ether oxygens (including phenoxy) is 1. The summed E-state index contributed by atoms with van der Waals surface area (Å²) in [7, 11) is 2.12. The molecular formula is C13H21N3O. The molecule has 0 amide bonds. The van der Waals surface area contributed by atoms with Crippen LogP contribution in [0.15, 0.2) is 18.3 Å². The lowest BCUT2D eigenvalue weighted by molar-refractivity contribution is 0.193. The number of hydrogen-bond donors (Lipinski definition) is 1. The van der Waals surface area contributed by atoms with Crippen LogP contribution in [-0.2, 0) is 4.74 Å². The summed E-state index contributed by atoms with van der Waals surface area (Å²) in [5.74, 6) is 0.954. The van der Waals surface area contributed by atoms with E-state index in [1.807, 2.05) is 6.20 Å². The molecule has 94 valence electrons. The van der Waals surface area contributed by atoms with Gasteiger partial charge >= 0.3 is 0 Å². The van der Waals surface area contributed by atoms with Crippen LogP contribution in [0.4, 0.5) is 11.5 Å². The number of nitrogens with one attached hydrogen (secondary N) is 1. The molecule has 1 unspecified atom stereocenters. The molecule has 1 saturated heterocycles. The van der Waals surface area contributed by atoms with E-state index in [0.29, 0.717) is 6.04 Å². The van der Waals surface area contributed by atoms with Crippen molar-refractivity contribution in [2.24, 2.45) is 0 Å². The van der Waals surface area contributed by atoms with E-state index in [9.17, 15) is 0 Å². The van der Waals surface area contributed by atoms with Gasteiger partial charge in [0.05, 0.1) is 12.6 Å². The maximum absolute atomic E-state index is 5.42. The Morgan fingerprint density at radius 1 is 1.59 bits per heavy atom. The molecule has 1 aromatic heterocycles. The fourth-order valence-corrected chi connectivity index (χ4v) is 2.03. The first-order chi connectivity index (χ1) is 8.31. The highest BCUT2D eigenvalue weighted by Gasteiger charge is 2.20. The smallest absolute Gasteiger partial charge is 0.127 e. The second-order valence-electron chi connectivity index (χ2n) is 4.45. The molecule has 1 fully saturated rings. The fraction of sp³-hybridized carbons (Fsp3) is 0.615. The van der Waals surface area contributed by atoms with E-state index in [0.717, 1.165) is 38.4 Å². The second kappa shape index (κ2) is 5.87. The SMILES string of the molecule is CCCNc1cc(N(C)C2CCOC2)ccn1. The van der Waals surface area contributed by atoms with Crippen LogP contribution in [0.5, 0.6) is 0 Å². The summed E-state index contributed by atoms with van der Waals surface area (Å²) in [6, 6.07) is 4.65. The van der Waals surface area contributed by atoms with Crippen LogP contribution in [0.3, 0.4) is 0 Å². The van der Waals surface area contributed by atoms with E-state index >= 15 is 0 Å². The summed E-state index contributed by atoms with van der Waals surface area (Å²) >= 11 is 0. The van der Waals surface area contributed by atoms with Crippen LogP contribution in [0.1, 0.15) is 19.8 Å². The van der Waals surface area contributed by atoms with Crippen molar-refractivity contribution in [3.8, 4) is 0 Å². The van der Waals surface area contributed by atoms with Crippen molar-refractivity contribution in [2.75, 3.05) is 37.0 Å². The lowest BCUT2D eigenvalue weighted by atomic mass is 10.2. The summed E-state index contributed by atoms with van der Waals surface area (Å²) in [4.78, 5) is 6.60. The Labute approximate surface area is 103 Å². The lowest BCUT2D eigenvalue weighted by Crippen LogP contribution is -2.31. The average molecular weight is 235 g/mol. The van der Waals surface area contributed by atoms with Gasteiger partial charge in [0.25, 0.3) is 0 Å². The molecule has 1 N–H and O–H groups in total. The van der Waals surface area contributed by atoms with E-state index in [-0.39, 0.29) is 0 Å². The van der Waals surface area contributed by atoms with E-state index in [2.05, 4.69) is 41.3 Å². The number of anilines is 2. The molecular weight excluding hydrogens is 214 g/mol. The second-order valence-corrected chi connectivity index (χ2v) is 4.45. The largest absolute Gasteiger partial charge is 0.379 e. The Bertz CT molecular complexity index is 350. The number of hydrogen-bond acceptors (Lipinski definition) is 4. The maximum Gasteiger partial charge on any atom is 0.127 e. The molecule has 0 radical (unpaired) electrons. The molecule has 17 heavy (non-hydrogen) atoms. The van der Waals surface area contributed by atoms with Crippen molar-refractivity contribution >= 4 is 11.5 Å². The number of rotatable bonds is 5. The van der Waals surface area contributed by atoms with Gasteiger partial charge in [0.2, 0.25) is 0 Å². The predicted octanol–water partition coefficient (Wildman–Crippen LogP) is 2.13. The Morgan fingerprint density at radius 3 is 3.18 bits per heavy atom. The summed E-state index contributed by atoms with van der Waals surface area (Å²) < 4.78 is 5.42. The first-order valence-electron chi connectivity index (χ1n) is 6.31. The third-order valence-electron chi connectivity index (χ3n) is 3.16. The van der Waals surface area contributed by atoms with E-state index in [1.165, 1.54) is 5.69 Å². The Balaban J connectivity index is 2.03. The predicted molar refractivity (Wildman–Crippen MR) is 70.6 cm³/mol. The molecule has 2 rings (SSSR count). The van der Waals surface area contributed by atoms with E-state index in [1.54, 1.807) is 0 Å². The topological polar surface area (TPSA) is 37.4 Å². The van der Waals surface area contributed by atoms with Gasteiger partial charge in [0.15, 0.2) is 0 Å². The highest BCUT2D eigenvalue weighted by molar-refractivity contribution is 5.54. The molecule has 4 nitrogen and oxygen atoms in total. The van der Waals surface area contributed by atoms with Gasteiger partial charge in [-0.1, -0.05) is 6.92 Å². The minimum atomic E-state index is 0.497. The highest BCUT2D eigenvalue weighted by atomic mass is 16.5. The molecule has 1 aliphatic heterocycles. The van der Waals surface area contributed by atoms with Crippen LogP contribution in [-0.4, -0.2) is 37.8 Å². The number of pyridine rings is 1. The minimum absolute atomic E-state index is 0.497. The first kappa shape index (κ1) is 12.2. The Kier molecular flexibility index (Phi) is 4.20. The summed E-state index contributed by atoms with van der Waals surface area (Å²) in [6.45, 7) is 4.82. The quantitative estimate of drug-likeness (QED) is 0.848. The molecule has 4 heteroatoms. The standard InChI is InChI=1S/C13H21N3O/c1-3-6-14-13-9-11(4-7-15-13)16(2)12-5-8-17-10-12/h4,7,9,12H,3,5-6,8,10H2,1-2H3,(H,14,15). The van der Waals surface area contributed by atoms with E-state index < -0.39 is 0 Å². The molecule has 0 bridgehead atoms. The van der Waals surface area contributed by atoms with Gasteiger partial charge in [-0.15, -0.1) is 0 Å². The van der Waals surface area contributed by atoms with Crippen molar-refractivity contribution in [1.29, 1.82) is 0 Å². The number of aromatic nitrogens is 1. The highest BCUT2D eigenvalue weighted by Crippen LogP contribution is 2.21. The molecule has 1 aromatic rings. The third kappa shape index (κ3) is 3.09. The van der Waals surface area contributed by atoms with Gasteiger partial charge in [-0.05, 0) is 18.9 Å². The van der Waals surface area contributed by atoms with Crippen LogP contribution in [0, 0.1) is 0 Å². The van der Waals surface area contributed by atoms with Gasteiger partial charge in [-0.3, -0.25) is 0 Å². The van der Waals surface area contributed by atoms with Gasteiger partial charge in [0.1, 0.15) is 5.82 Å².